The summed E-state index contributed by atoms with van der Waals surface area (Å²) in [6, 6.07) is 16.2. The number of esters is 1. The number of hydrogen-bond donors (Lipinski definition) is 0. The van der Waals surface area contributed by atoms with Crippen molar-refractivity contribution in [3.05, 3.63) is 75.8 Å². The van der Waals surface area contributed by atoms with E-state index in [0.29, 0.717) is 0 Å². The maximum absolute atomic E-state index is 12.1. The van der Waals surface area contributed by atoms with Crippen molar-refractivity contribution in [2.24, 2.45) is 0 Å². The molecular weight excluding hydrogens is 336 g/mol. The van der Waals surface area contributed by atoms with Gasteiger partial charge in [0, 0.05) is 12.1 Å². The molecule has 0 fully saturated rings. The van der Waals surface area contributed by atoms with Gasteiger partial charge in [-0.25, -0.2) is 4.79 Å². The van der Waals surface area contributed by atoms with Crippen LogP contribution >= 0.6 is 0 Å². The molecule has 0 spiro atoms. The van der Waals surface area contributed by atoms with Gasteiger partial charge >= 0.3 is 5.97 Å². The molecule has 3 aromatic rings. The largest absolute Gasteiger partial charge is 0.465 e. The lowest BCUT2D eigenvalue weighted by atomic mass is 10.1. The van der Waals surface area contributed by atoms with Crippen molar-refractivity contribution in [3.63, 3.8) is 0 Å². The Kier molecular flexibility index (Phi) is 4.50. The first-order chi connectivity index (χ1) is 12.5. The SMILES string of the molecule is COC(=O)c1cc2ccccc2cc1Oc1ccc([N+](=O)[O-])cc1C#N. The van der Waals surface area contributed by atoms with Crippen LogP contribution in [0.5, 0.6) is 11.5 Å². The molecule has 3 aromatic carbocycles. The zero-order chi connectivity index (χ0) is 18.7. The van der Waals surface area contributed by atoms with Crippen LogP contribution in [0.2, 0.25) is 0 Å². The number of carbonyl (C=O) groups is 1. The number of nitro benzene ring substituents is 1. The highest BCUT2D eigenvalue weighted by Gasteiger charge is 2.18. The predicted molar refractivity (Wildman–Crippen MR) is 93.2 cm³/mol. The Morgan fingerprint density at radius 1 is 1.08 bits per heavy atom. The lowest BCUT2D eigenvalue weighted by Gasteiger charge is -2.12. The number of non-ortho nitro benzene ring substituents is 1. The van der Waals surface area contributed by atoms with Crippen LogP contribution < -0.4 is 4.74 Å². The van der Waals surface area contributed by atoms with Crippen LogP contribution in [0.15, 0.2) is 54.6 Å². The van der Waals surface area contributed by atoms with Gasteiger partial charge in [-0.1, -0.05) is 24.3 Å². The fourth-order valence-corrected chi connectivity index (χ4v) is 2.50. The van der Waals surface area contributed by atoms with Crippen molar-refractivity contribution in [2.75, 3.05) is 7.11 Å². The third-order valence-corrected chi connectivity index (χ3v) is 3.77. The van der Waals surface area contributed by atoms with Gasteiger partial charge in [-0.2, -0.15) is 5.26 Å². The van der Waals surface area contributed by atoms with Gasteiger partial charge in [0.25, 0.3) is 5.69 Å². The van der Waals surface area contributed by atoms with E-state index < -0.39 is 10.9 Å². The van der Waals surface area contributed by atoms with Crippen molar-refractivity contribution >= 4 is 22.4 Å². The smallest absolute Gasteiger partial charge is 0.341 e. The second-order valence-electron chi connectivity index (χ2n) is 5.34. The van der Waals surface area contributed by atoms with Gasteiger partial charge in [-0.3, -0.25) is 10.1 Å². The minimum absolute atomic E-state index is 0.0109. The van der Waals surface area contributed by atoms with Crippen LogP contribution in [0.3, 0.4) is 0 Å². The first kappa shape index (κ1) is 16.9. The number of rotatable bonds is 4. The third kappa shape index (κ3) is 3.16. The van der Waals surface area contributed by atoms with Crippen molar-refractivity contribution in [3.8, 4) is 17.6 Å². The molecule has 0 bridgehead atoms. The topological polar surface area (TPSA) is 102 Å². The van der Waals surface area contributed by atoms with E-state index in [9.17, 15) is 20.2 Å². The van der Waals surface area contributed by atoms with Crippen LogP contribution in [0.25, 0.3) is 10.8 Å². The predicted octanol–water partition coefficient (Wildman–Crippen LogP) is 4.20. The van der Waals surface area contributed by atoms with Gasteiger partial charge in [-0.05, 0) is 29.0 Å². The molecule has 7 heteroatoms. The van der Waals surface area contributed by atoms with Crippen LogP contribution in [-0.4, -0.2) is 18.0 Å². The minimum atomic E-state index is -0.597. The lowest BCUT2D eigenvalue weighted by Crippen LogP contribution is -2.04. The molecule has 0 aliphatic carbocycles. The van der Waals surface area contributed by atoms with Gasteiger partial charge in [0.15, 0.2) is 0 Å². The van der Waals surface area contributed by atoms with E-state index >= 15 is 0 Å². The Bertz CT molecular complexity index is 1070. The van der Waals surface area contributed by atoms with Gasteiger partial charge in [0.05, 0.1) is 12.0 Å². The fourth-order valence-electron chi connectivity index (χ4n) is 2.50. The van der Waals surface area contributed by atoms with E-state index in [1.165, 1.54) is 19.2 Å². The Morgan fingerprint density at radius 2 is 1.77 bits per heavy atom. The first-order valence-electron chi connectivity index (χ1n) is 7.51. The Hall–Kier alpha value is -3.92. The molecule has 0 unspecified atom stereocenters. The van der Waals surface area contributed by atoms with E-state index in [1.54, 1.807) is 12.1 Å². The highest BCUT2D eigenvalue weighted by Crippen LogP contribution is 2.33. The van der Waals surface area contributed by atoms with Crippen molar-refractivity contribution in [1.82, 2.24) is 0 Å². The first-order valence-corrected chi connectivity index (χ1v) is 7.51. The van der Waals surface area contributed by atoms with Crippen molar-refractivity contribution < 1.29 is 19.2 Å². The quantitative estimate of drug-likeness (QED) is 0.398. The number of methoxy groups -OCH3 is 1. The molecule has 0 saturated heterocycles. The molecule has 0 radical (unpaired) electrons. The van der Waals surface area contributed by atoms with Crippen LogP contribution in [0.1, 0.15) is 15.9 Å². The van der Waals surface area contributed by atoms with Crippen molar-refractivity contribution in [2.45, 2.75) is 0 Å². The average Bonchev–Trinajstić information content (AvgIpc) is 2.66. The summed E-state index contributed by atoms with van der Waals surface area (Å²) in [5.41, 5.74) is -0.0442. The number of fused-ring (bicyclic) bond motifs is 1. The summed E-state index contributed by atoms with van der Waals surface area (Å²) in [6.45, 7) is 0. The maximum Gasteiger partial charge on any atom is 0.341 e. The standard InChI is InChI=1S/C19H12N2O5/c1-25-19(22)16-9-12-4-2-3-5-13(12)10-18(16)26-17-7-6-15(21(23)24)8-14(17)11-20/h2-10H,1H3. The average molecular weight is 348 g/mol. The van der Waals surface area contributed by atoms with Gasteiger partial charge < -0.3 is 9.47 Å². The Balaban J connectivity index is 2.12. The second kappa shape index (κ2) is 6.91. The summed E-state index contributed by atoms with van der Waals surface area (Å²) >= 11 is 0. The molecule has 0 aliphatic heterocycles. The molecule has 0 aromatic heterocycles. The molecule has 0 aliphatic rings. The van der Waals surface area contributed by atoms with E-state index in [4.69, 9.17) is 9.47 Å². The van der Waals surface area contributed by atoms with E-state index in [-0.39, 0.29) is 28.3 Å². The summed E-state index contributed by atoms with van der Waals surface area (Å²) in [5, 5.41) is 21.8. The molecule has 3 rings (SSSR count). The number of nitro groups is 1. The number of benzene rings is 3. The zero-order valence-electron chi connectivity index (χ0n) is 13.6. The van der Waals surface area contributed by atoms with Crippen LogP contribution in [0.4, 0.5) is 5.69 Å². The molecule has 0 heterocycles. The van der Waals surface area contributed by atoms with Crippen molar-refractivity contribution in [1.29, 1.82) is 5.26 Å². The number of nitriles is 1. The number of nitrogens with zero attached hydrogens (tertiary/aromatic N) is 2. The van der Waals surface area contributed by atoms with E-state index in [1.807, 2.05) is 30.3 Å². The summed E-state index contributed by atoms with van der Waals surface area (Å²) in [4.78, 5) is 22.4. The molecule has 0 saturated carbocycles. The maximum atomic E-state index is 12.1. The molecule has 26 heavy (non-hydrogen) atoms. The highest BCUT2D eigenvalue weighted by molar-refractivity contribution is 5.98. The van der Waals surface area contributed by atoms with Gasteiger partial charge in [0.1, 0.15) is 28.7 Å². The number of carbonyl (C=O) groups excluding carboxylic acids is 1. The van der Waals surface area contributed by atoms with Gasteiger partial charge in [-0.15, -0.1) is 0 Å². The lowest BCUT2D eigenvalue weighted by molar-refractivity contribution is -0.384. The summed E-state index contributed by atoms with van der Waals surface area (Å²) in [5.74, 6) is -0.286. The molecule has 0 amide bonds. The summed E-state index contributed by atoms with van der Waals surface area (Å²) in [6.07, 6.45) is 0. The van der Waals surface area contributed by atoms with Crippen LogP contribution in [-0.2, 0) is 4.74 Å². The zero-order valence-corrected chi connectivity index (χ0v) is 13.6. The van der Waals surface area contributed by atoms with Crippen LogP contribution in [0, 0.1) is 21.4 Å². The fraction of sp³-hybridized carbons (Fsp3) is 0.0526. The summed E-state index contributed by atoms with van der Waals surface area (Å²) < 4.78 is 10.5. The molecule has 128 valence electrons. The molecular formula is C19H12N2O5. The Morgan fingerprint density at radius 3 is 2.38 bits per heavy atom. The monoisotopic (exact) mass is 348 g/mol. The Labute approximate surface area is 148 Å². The minimum Gasteiger partial charge on any atom is -0.465 e. The normalized spacial score (nSPS) is 10.2. The molecule has 7 nitrogen and oxygen atoms in total. The second-order valence-corrected chi connectivity index (χ2v) is 5.34. The third-order valence-electron chi connectivity index (χ3n) is 3.77. The highest BCUT2D eigenvalue weighted by atomic mass is 16.6. The van der Waals surface area contributed by atoms with E-state index in [2.05, 4.69) is 0 Å². The summed E-state index contributed by atoms with van der Waals surface area (Å²) in [7, 11) is 1.26. The number of hydrogen-bond acceptors (Lipinski definition) is 6. The molecule has 0 N–H and O–H groups in total. The van der Waals surface area contributed by atoms with Gasteiger partial charge in [0.2, 0.25) is 0 Å². The van der Waals surface area contributed by atoms with E-state index in [0.717, 1.165) is 16.8 Å². The molecule has 0 atom stereocenters. The number of ether oxygens (including phenoxy) is 2.